The molecule has 0 fully saturated rings. The van der Waals surface area contributed by atoms with Crippen LogP contribution in [0.4, 0.5) is 5.69 Å². The molecular formula is C24H48N2O7S4. The molecule has 37 heavy (non-hydrogen) atoms. The monoisotopic (exact) mass is 604 g/mol. The first kappa shape index (κ1) is 40.5. The van der Waals surface area contributed by atoms with Crippen molar-refractivity contribution < 1.29 is 30.7 Å². The summed E-state index contributed by atoms with van der Waals surface area (Å²) in [4.78, 5) is 12.0. The van der Waals surface area contributed by atoms with Crippen LogP contribution in [0.25, 0.3) is 0 Å². The molecular weight excluding hydrogens is 557 g/mol. The molecule has 220 valence electrons. The lowest BCUT2D eigenvalue weighted by Gasteiger charge is -2.07. The van der Waals surface area contributed by atoms with Crippen LogP contribution in [0.3, 0.4) is 0 Å². The highest BCUT2D eigenvalue weighted by atomic mass is 32.3. The van der Waals surface area contributed by atoms with Crippen molar-refractivity contribution in [1.82, 2.24) is 4.72 Å². The first-order valence-electron chi connectivity index (χ1n) is 12.6. The Labute approximate surface area is 238 Å². The van der Waals surface area contributed by atoms with Gasteiger partial charge in [-0.3, -0.25) is 13.9 Å². The molecule has 0 bridgehead atoms. The van der Waals surface area contributed by atoms with Crippen molar-refractivity contribution in [2.24, 2.45) is 0 Å². The Bertz CT molecular complexity index is 886. The van der Waals surface area contributed by atoms with E-state index in [4.69, 9.17) is 23.3 Å². The molecule has 0 radical (unpaired) electrons. The number of nitrogen functional groups attached to an aromatic ring is 1. The number of amides is 1. The number of carbonyl (C=O) groups is 1. The number of nitrogens with two attached hydrogens (primary N) is 1. The van der Waals surface area contributed by atoms with Gasteiger partial charge in [-0.1, -0.05) is 96.8 Å². The quantitative estimate of drug-likeness (QED) is 0.0912. The third-order valence-corrected chi connectivity index (χ3v) is 6.84. The molecule has 0 saturated carbocycles. The van der Waals surface area contributed by atoms with Crippen molar-refractivity contribution in [1.29, 1.82) is 0 Å². The summed E-state index contributed by atoms with van der Waals surface area (Å²) in [6.07, 6.45) is 19.2. The first-order valence-corrected chi connectivity index (χ1v) is 15.4. The fourth-order valence-electron chi connectivity index (χ4n) is 3.56. The average Bonchev–Trinajstić information content (AvgIpc) is 2.75. The molecule has 0 unspecified atom stereocenters. The van der Waals surface area contributed by atoms with Gasteiger partial charge in [0.25, 0.3) is 10.0 Å². The van der Waals surface area contributed by atoms with Crippen molar-refractivity contribution in [2.75, 3.05) is 5.73 Å². The van der Waals surface area contributed by atoms with Crippen molar-refractivity contribution in [3.63, 3.8) is 0 Å². The van der Waals surface area contributed by atoms with Gasteiger partial charge in [0.05, 0.1) is 4.90 Å². The van der Waals surface area contributed by atoms with Crippen molar-refractivity contribution in [2.45, 2.75) is 115 Å². The molecule has 0 aliphatic carbocycles. The Balaban J connectivity index is -0.00000150. The number of nitrogens with one attached hydrogen (secondary N) is 1. The second-order valence-corrected chi connectivity index (χ2v) is 11.3. The van der Waals surface area contributed by atoms with Crippen LogP contribution in [0.1, 0.15) is 110 Å². The number of hydrogen-bond acceptors (Lipinski definition) is 6. The van der Waals surface area contributed by atoms with E-state index in [0.717, 1.165) is 19.3 Å². The van der Waals surface area contributed by atoms with Crippen molar-refractivity contribution in [3.8, 4) is 0 Å². The van der Waals surface area contributed by atoms with Gasteiger partial charge in [0.2, 0.25) is 5.91 Å². The molecule has 13 heteroatoms. The lowest BCUT2D eigenvalue weighted by atomic mass is 10.0. The third-order valence-electron chi connectivity index (χ3n) is 5.45. The highest BCUT2D eigenvalue weighted by molar-refractivity contribution is 7.90. The summed E-state index contributed by atoms with van der Waals surface area (Å²) in [5.74, 6) is -0.443. The minimum absolute atomic E-state index is 0. The van der Waals surface area contributed by atoms with E-state index in [-0.39, 0.29) is 38.3 Å². The topological polar surface area (TPSA) is 164 Å². The van der Waals surface area contributed by atoms with E-state index in [1.807, 2.05) is 0 Å². The molecule has 1 aromatic rings. The first-order chi connectivity index (χ1) is 16.5. The van der Waals surface area contributed by atoms with Crippen LogP contribution in [0, 0.1) is 0 Å². The number of benzene rings is 1. The normalized spacial score (nSPS) is 10.9. The van der Waals surface area contributed by atoms with Crippen LogP contribution in [-0.4, -0.2) is 31.8 Å². The predicted octanol–water partition coefficient (Wildman–Crippen LogP) is 5.91. The second-order valence-electron chi connectivity index (χ2n) is 8.75. The van der Waals surface area contributed by atoms with Crippen LogP contribution in [0.5, 0.6) is 0 Å². The zero-order chi connectivity index (χ0) is 26.6. The Morgan fingerprint density at radius 3 is 1.38 bits per heavy atom. The molecule has 0 heterocycles. The molecule has 0 atom stereocenters. The zero-order valence-electron chi connectivity index (χ0n) is 22.0. The number of unbranched alkanes of at least 4 members (excludes halogenated alkanes) is 14. The van der Waals surface area contributed by atoms with E-state index >= 15 is 0 Å². The van der Waals surface area contributed by atoms with E-state index in [1.165, 1.54) is 101 Å². The maximum absolute atomic E-state index is 12.1. The van der Waals surface area contributed by atoms with Crippen LogP contribution in [0.15, 0.2) is 29.2 Å². The predicted molar refractivity (Wildman–Crippen MR) is 161 cm³/mol. The number of sulfonamides is 1. The smallest absolute Gasteiger partial charge is 0.394 e. The minimum atomic E-state index is -4.67. The molecule has 0 saturated heterocycles. The Hall–Kier alpha value is -0.990. The van der Waals surface area contributed by atoms with E-state index in [9.17, 15) is 13.2 Å². The van der Waals surface area contributed by atoms with Gasteiger partial charge in [-0.15, -0.1) is 0 Å². The summed E-state index contributed by atoms with van der Waals surface area (Å²) in [6.45, 7) is 2.26. The summed E-state index contributed by atoms with van der Waals surface area (Å²) in [7, 11) is -8.47. The van der Waals surface area contributed by atoms with Gasteiger partial charge in [-0.2, -0.15) is 35.4 Å². The summed E-state index contributed by atoms with van der Waals surface area (Å²) in [5.41, 5.74) is 6.04. The highest BCUT2D eigenvalue weighted by Gasteiger charge is 2.16. The molecule has 9 nitrogen and oxygen atoms in total. The average molecular weight is 605 g/mol. The van der Waals surface area contributed by atoms with Gasteiger partial charge in [0.1, 0.15) is 0 Å². The van der Waals surface area contributed by atoms with Crippen LogP contribution >= 0.6 is 27.0 Å². The maximum Gasteiger partial charge on any atom is 0.394 e. The van der Waals surface area contributed by atoms with E-state index in [1.54, 1.807) is 0 Å². The van der Waals surface area contributed by atoms with E-state index in [2.05, 4.69) is 11.6 Å². The Morgan fingerprint density at radius 2 is 1.03 bits per heavy atom. The molecule has 0 spiro atoms. The zero-order valence-corrected chi connectivity index (χ0v) is 25.6. The standard InChI is InChI=1S/C24H42N2O3S.H2O4S.2H2S/c1-2-3-4-5-6-7-8-9-10-11-12-13-14-15-16-17-24(27)26-30(28,29)23-20-18-22(25)19-21-23;1-5(2,3)4;;/h18-21H,2-17,25H2,1H3,(H,26,27);(H2,1,2,3,4);2*1H2. The van der Waals surface area contributed by atoms with Gasteiger partial charge in [0, 0.05) is 12.1 Å². The van der Waals surface area contributed by atoms with E-state index < -0.39 is 26.3 Å². The molecule has 1 aromatic carbocycles. The molecule has 5 N–H and O–H groups in total. The highest BCUT2D eigenvalue weighted by Crippen LogP contribution is 2.14. The summed E-state index contributed by atoms with van der Waals surface area (Å²) in [5, 5.41) is 0. The van der Waals surface area contributed by atoms with Crippen molar-refractivity contribution >= 4 is 59.0 Å². The molecule has 1 amide bonds. The molecule has 0 aliphatic rings. The fourth-order valence-corrected chi connectivity index (χ4v) is 4.58. The van der Waals surface area contributed by atoms with Crippen molar-refractivity contribution in [3.05, 3.63) is 24.3 Å². The summed E-state index contributed by atoms with van der Waals surface area (Å²) in [6, 6.07) is 5.82. The summed E-state index contributed by atoms with van der Waals surface area (Å²) >= 11 is 0. The second kappa shape index (κ2) is 24.1. The number of hydrogen-bond donors (Lipinski definition) is 4. The van der Waals surface area contributed by atoms with Gasteiger partial charge in [0.15, 0.2) is 0 Å². The van der Waals surface area contributed by atoms with Gasteiger partial charge < -0.3 is 5.73 Å². The van der Waals surface area contributed by atoms with Gasteiger partial charge in [-0.25, -0.2) is 13.1 Å². The molecule has 1 rings (SSSR count). The number of anilines is 1. The minimum Gasteiger partial charge on any atom is -0.399 e. The largest absolute Gasteiger partial charge is 0.399 e. The number of rotatable bonds is 18. The van der Waals surface area contributed by atoms with Crippen LogP contribution < -0.4 is 10.5 Å². The lowest BCUT2D eigenvalue weighted by Crippen LogP contribution is -2.30. The van der Waals surface area contributed by atoms with Gasteiger partial charge in [-0.05, 0) is 30.7 Å². The van der Waals surface area contributed by atoms with Gasteiger partial charge >= 0.3 is 10.4 Å². The molecule has 0 aromatic heterocycles. The van der Waals surface area contributed by atoms with Crippen LogP contribution in [0.2, 0.25) is 0 Å². The van der Waals surface area contributed by atoms with Crippen LogP contribution in [-0.2, 0) is 25.2 Å². The summed E-state index contributed by atoms with van der Waals surface area (Å²) < 4.78 is 58.0. The fraction of sp³-hybridized carbons (Fsp3) is 0.708. The van der Waals surface area contributed by atoms with E-state index in [0.29, 0.717) is 5.69 Å². The third kappa shape index (κ3) is 27.9. The number of carbonyl (C=O) groups excluding carboxylic acids is 1. The lowest BCUT2D eigenvalue weighted by molar-refractivity contribution is -0.119. The SMILES string of the molecule is CCCCCCCCCCCCCCCCCC(=O)NS(=O)(=O)c1ccc(N)cc1.O=S(=O)(O)O.S.S. The molecule has 0 aliphatic heterocycles. The Morgan fingerprint density at radius 1 is 0.703 bits per heavy atom. The Kier molecular flexibility index (Phi) is 26.4. The maximum atomic E-state index is 12.1.